The fraction of sp³-hybridized carbons (Fsp3) is 0.281. The average molecular weight is 607 g/mol. The minimum Gasteiger partial charge on any atom is -0.340 e. The van der Waals surface area contributed by atoms with E-state index in [-0.39, 0.29) is 5.91 Å². The first-order chi connectivity index (χ1) is 20.1. The van der Waals surface area contributed by atoms with Crippen LogP contribution in [0.4, 0.5) is 0 Å². The summed E-state index contributed by atoms with van der Waals surface area (Å²) < 4.78 is 2.02. The molecule has 1 aromatic heterocycles. The van der Waals surface area contributed by atoms with Crippen molar-refractivity contribution in [3.05, 3.63) is 101 Å². The van der Waals surface area contributed by atoms with Gasteiger partial charge in [0, 0.05) is 50.5 Å². The first-order valence-electron chi connectivity index (χ1n) is 13.9. The van der Waals surface area contributed by atoms with Crippen molar-refractivity contribution in [1.29, 1.82) is 0 Å². The Morgan fingerprint density at radius 2 is 1.59 bits per heavy atom. The maximum absolute atomic E-state index is 12.8. The molecular formula is C32H33Cl2N5OS. The molecule has 0 saturated carbocycles. The highest BCUT2D eigenvalue weighted by Crippen LogP contribution is 2.31. The second-order valence-corrected chi connectivity index (χ2v) is 11.8. The number of hydrogen-bond donors (Lipinski definition) is 0. The van der Waals surface area contributed by atoms with E-state index < -0.39 is 0 Å². The molecule has 1 aliphatic heterocycles. The Bertz CT molecular complexity index is 1450. The number of aromatic nitrogens is 3. The summed E-state index contributed by atoms with van der Waals surface area (Å²) in [7, 11) is 0. The van der Waals surface area contributed by atoms with E-state index in [0.29, 0.717) is 16.5 Å². The molecule has 2 heterocycles. The van der Waals surface area contributed by atoms with Crippen LogP contribution in [0.25, 0.3) is 23.2 Å². The first-order valence-corrected chi connectivity index (χ1v) is 15.6. The molecule has 212 valence electrons. The van der Waals surface area contributed by atoms with E-state index in [1.54, 1.807) is 17.8 Å². The topological polar surface area (TPSA) is 54.3 Å². The highest BCUT2D eigenvalue weighted by molar-refractivity contribution is 7.99. The van der Waals surface area contributed by atoms with Crippen LogP contribution in [0.3, 0.4) is 0 Å². The van der Waals surface area contributed by atoms with Gasteiger partial charge in [-0.25, -0.2) is 0 Å². The molecule has 0 spiro atoms. The van der Waals surface area contributed by atoms with Crippen LogP contribution in [0.1, 0.15) is 24.8 Å². The molecule has 0 aliphatic carbocycles. The van der Waals surface area contributed by atoms with Crippen molar-refractivity contribution in [2.45, 2.75) is 24.4 Å². The van der Waals surface area contributed by atoms with Crippen LogP contribution in [0.15, 0.2) is 90.1 Å². The number of carbonyl (C=O) groups excluding carboxylic acids is 1. The molecule has 6 nitrogen and oxygen atoms in total. The quantitative estimate of drug-likeness (QED) is 0.132. The summed E-state index contributed by atoms with van der Waals surface area (Å²) in [6.07, 6.45) is 6.69. The third kappa shape index (κ3) is 8.01. The summed E-state index contributed by atoms with van der Waals surface area (Å²) in [4.78, 5) is 17.2. The van der Waals surface area contributed by atoms with Gasteiger partial charge in [-0.3, -0.25) is 14.3 Å². The van der Waals surface area contributed by atoms with Crippen molar-refractivity contribution < 1.29 is 4.79 Å². The number of hydrogen-bond acceptors (Lipinski definition) is 5. The lowest BCUT2D eigenvalue weighted by atomic mass is 10.2. The van der Waals surface area contributed by atoms with Crippen LogP contribution >= 0.6 is 35.0 Å². The van der Waals surface area contributed by atoms with Gasteiger partial charge >= 0.3 is 0 Å². The summed E-state index contributed by atoms with van der Waals surface area (Å²) >= 11 is 14.1. The van der Waals surface area contributed by atoms with Crippen LogP contribution in [0.5, 0.6) is 0 Å². The lowest BCUT2D eigenvalue weighted by Gasteiger charge is -2.34. The zero-order valence-electron chi connectivity index (χ0n) is 22.8. The summed E-state index contributed by atoms with van der Waals surface area (Å²) in [5.74, 6) is 1.83. The van der Waals surface area contributed by atoms with Crippen LogP contribution in [0, 0.1) is 0 Å². The van der Waals surface area contributed by atoms with Gasteiger partial charge in [-0.2, -0.15) is 0 Å². The van der Waals surface area contributed by atoms with Crippen molar-refractivity contribution in [3.63, 3.8) is 0 Å². The normalized spacial score (nSPS) is 14.1. The maximum atomic E-state index is 12.8. The van der Waals surface area contributed by atoms with Gasteiger partial charge in [0.15, 0.2) is 11.0 Å². The Balaban J connectivity index is 1.09. The third-order valence-corrected chi connectivity index (χ3v) is 8.80. The Morgan fingerprint density at radius 3 is 2.32 bits per heavy atom. The highest BCUT2D eigenvalue weighted by atomic mass is 35.5. The molecular weight excluding hydrogens is 573 g/mol. The molecule has 9 heteroatoms. The molecule has 1 amide bonds. The predicted molar refractivity (Wildman–Crippen MR) is 170 cm³/mol. The van der Waals surface area contributed by atoms with Crippen LogP contribution in [0.2, 0.25) is 10.0 Å². The minimum absolute atomic E-state index is 0.250. The standard InChI is InChI=1S/C32H33Cl2N5OS/c33-28-17-16-27(24-29(28)34)39-31(26-13-5-2-6-14-26)35-36-32(39)41-23-8-7-15-30(40)38-21-19-37(20-22-38)18-9-12-25-10-3-1-4-11-25/h1-6,9-14,16-17,24H,7-8,15,18-23H2/b12-9+. The minimum atomic E-state index is 0.250. The molecule has 1 fully saturated rings. The van der Waals surface area contributed by atoms with Gasteiger partial charge < -0.3 is 4.90 Å². The van der Waals surface area contributed by atoms with Gasteiger partial charge in [-0.15, -0.1) is 10.2 Å². The smallest absolute Gasteiger partial charge is 0.222 e. The summed E-state index contributed by atoms with van der Waals surface area (Å²) in [6, 6.07) is 25.9. The van der Waals surface area contributed by atoms with Gasteiger partial charge in [0.25, 0.3) is 0 Å². The Hall–Kier alpha value is -3.10. The molecule has 5 rings (SSSR count). The highest BCUT2D eigenvalue weighted by Gasteiger charge is 2.20. The molecule has 1 saturated heterocycles. The van der Waals surface area contributed by atoms with E-state index in [1.807, 2.05) is 70.1 Å². The van der Waals surface area contributed by atoms with Crippen LogP contribution in [-0.4, -0.2) is 68.9 Å². The molecule has 0 unspecified atom stereocenters. The molecule has 0 atom stereocenters. The van der Waals surface area contributed by atoms with E-state index in [1.165, 1.54) is 5.56 Å². The third-order valence-electron chi connectivity index (χ3n) is 7.04. The monoisotopic (exact) mass is 605 g/mol. The van der Waals surface area contributed by atoms with E-state index in [2.05, 4.69) is 39.4 Å². The number of piperazine rings is 1. The van der Waals surface area contributed by atoms with Gasteiger partial charge in [-0.1, -0.05) is 108 Å². The second kappa shape index (κ2) is 14.7. The molecule has 1 aliphatic rings. The molecule has 41 heavy (non-hydrogen) atoms. The largest absolute Gasteiger partial charge is 0.340 e. The lowest BCUT2D eigenvalue weighted by Crippen LogP contribution is -2.48. The van der Waals surface area contributed by atoms with Crippen LogP contribution in [-0.2, 0) is 4.79 Å². The summed E-state index contributed by atoms with van der Waals surface area (Å²) in [5, 5.41) is 10.7. The first kappa shape index (κ1) is 29.4. The number of benzene rings is 3. The van der Waals surface area contributed by atoms with Gasteiger partial charge in [-0.05, 0) is 36.6 Å². The molecule has 0 N–H and O–H groups in total. The fourth-order valence-electron chi connectivity index (χ4n) is 4.78. The summed E-state index contributed by atoms with van der Waals surface area (Å²) in [5.41, 5.74) is 3.04. The van der Waals surface area contributed by atoms with Gasteiger partial charge in [0.2, 0.25) is 5.91 Å². The van der Waals surface area contributed by atoms with Crippen molar-refractivity contribution >= 4 is 46.9 Å². The van der Waals surface area contributed by atoms with Gasteiger partial charge in [0.05, 0.1) is 15.7 Å². The SMILES string of the molecule is O=C(CCCCSc1nnc(-c2ccccc2)n1-c1ccc(Cl)c(Cl)c1)N1CCN(C/C=C/c2ccccc2)CC1. The number of carbonyl (C=O) groups is 1. The van der Waals surface area contributed by atoms with Crippen molar-refractivity contribution in [3.8, 4) is 17.1 Å². The molecule has 4 aromatic rings. The number of halogens is 2. The van der Waals surface area contributed by atoms with Crippen molar-refractivity contribution in [1.82, 2.24) is 24.6 Å². The Kier molecular flexibility index (Phi) is 10.5. The van der Waals surface area contributed by atoms with E-state index in [4.69, 9.17) is 23.2 Å². The van der Waals surface area contributed by atoms with Crippen molar-refractivity contribution in [2.24, 2.45) is 0 Å². The summed E-state index contributed by atoms with van der Waals surface area (Å²) in [6.45, 7) is 4.32. The average Bonchev–Trinajstić information content (AvgIpc) is 3.43. The molecule has 0 bridgehead atoms. The van der Waals surface area contributed by atoms with E-state index in [9.17, 15) is 4.79 Å². The second-order valence-electron chi connectivity index (χ2n) is 9.91. The van der Waals surface area contributed by atoms with E-state index in [0.717, 1.165) is 73.5 Å². The Morgan fingerprint density at radius 1 is 0.854 bits per heavy atom. The maximum Gasteiger partial charge on any atom is 0.222 e. The van der Waals surface area contributed by atoms with Crippen LogP contribution < -0.4 is 0 Å². The number of amides is 1. The zero-order chi connectivity index (χ0) is 28.4. The number of thioether (sulfide) groups is 1. The van der Waals surface area contributed by atoms with E-state index >= 15 is 0 Å². The molecule has 0 radical (unpaired) electrons. The zero-order valence-corrected chi connectivity index (χ0v) is 25.2. The Labute approximate surface area is 256 Å². The fourth-order valence-corrected chi connectivity index (χ4v) is 6.02. The number of nitrogens with zero attached hydrogens (tertiary/aromatic N) is 5. The predicted octanol–water partition coefficient (Wildman–Crippen LogP) is 7.36. The van der Waals surface area contributed by atoms with Crippen molar-refractivity contribution in [2.75, 3.05) is 38.5 Å². The van der Waals surface area contributed by atoms with Gasteiger partial charge in [0.1, 0.15) is 0 Å². The lowest BCUT2D eigenvalue weighted by molar-refractivity contribution is -0.132. The molecule has 3 aromatic carbocycles. The number of rotatable bonds is 11. The number of unbranched alkanes of at least 4 members (excludes halogenated alkanes) is 1.